The Balaban J connectivity index is 2.01. The summed E-state index contributed by atoms with van der Waals surface area (Å²) in [4.78, 5) is 0. The van der Waals surface area contributed by atoms with Crippen molar-refractivity contribution in [1.29, 1.82) is 0 Å². The van der Waals surface area contributed by atoms with Gasteiger partial charge in [-0.1, -0.05) is 12.8 Å². The van der Waals surface area contributed by atoms with Crippen LogP contribution in [0.1, 0.15) is 31.9 Å². The summed E-state index contributed by atoms with van der Waals surface area (Å²) in [7, 11) is -3.67. The maximum Gasteiger partial charge on any atom is 0.275 e. The van der Waals surface area contributed by atoms with Gasteiger partial charge in [0.25, 0.3) is 10.0 Å². The highest BCUT2D eigenvalue weighted by Gasteiger charge is 2.23. The summed E-state index contributed by atoms with van der Waals surface area (Å²) in [6.45, 7) is 2.37. The second kappa shape index (κ2) is 5.78. The highest BCUT2D eigenvalue weighted by molar-refractivity contribution is 7.89. The van der Waals surface area contributed by atoms with Gasteiger partial charge in [-0.25, -0.2) is 8.42 Å². The summed E-state index contributed by atoms with van der Waals surface area (Å²) >= 11 is 0. The normalized spacial score (nSPS) is 17.1. The van der Waals surface area contributed by atoms with Crippen LogP contribution in [0, 0.1) is 12.3 Å². The third kappa shape index (κ3) is 3.83. The second-order valence-corrected chi connectivity index (χ2v) is 6.27. The van der Waals surface area contributed by atoms with E-state index in [9.17, 15) is 8.42 Å². The van der Waals surface area contributed by atoms with Crippen molar-refractivity contribution in [1.82, 2.24) is 10.0 Å². The molecule has 2 rings (SSSR count). The topological polar surface area (TPSA) is 71.3 Å². The molecule has 1 aliphatic rings. The first-order chi connectivity index (χ1) is 9.05. The molecule has 1 aromatic rings. The molecule has 1 fully saturated rings. The van der Waals surface area contributed by atoms with Gasteiger partial charge in [0.2, 0.25) is 5.09 Å². The van der Waals surface area contributed by atoms with Crippen LogP contribution in [-0.2, 0) is 16.6 Å². The van der Waals surface area contributed by atoms with Crippen molar-refractivity contribution in [2.75, 3.05) is 0 Å². The van der Waals surface area contributed by atoms with Crippen molar-refractivity contribution in [2.45, 2.75) is 49.9 Å². The predicted octanol–water partition coefficient (Wildman–Crippen LogP) is 1.22. The van der Waals surface area contributed by atoms with Crippen LogP contribution in [0.3, 0.4) is 0 Å². The lowest BCUT2D eigenvalue weighted by atomic mass is 10.3. The van der Waals surface area contributed by atoms with Crippen molar-refractivity contribution in [3.8, 4) is 12.3 Å². The number of furan rings is 1. The van der Waals surface area contributed by atoms with E-state index in [2.05, 4.69) is 16.0 Å². The van der Waals surface area contributed by atoms with E-state index in [1.54, 1.807) is 6.07 Å². The Morgan fingerprint density at radius 3 is 2.84 bits per heavy atom. The Kier molecular flexibility index (Phi) is 4.30. The monoisotopic (exact) mass is 282 g/mol. The highest BCUT2D eigenvalue weighted by Crippen LogP contribution is 2.20. The minimum atomic E-state index is -3.67. The number of hydrogen-bond acceptors (Lipinski definition) is 4. The molecule has 104 valence electrons. The quantitative estimate of drug-likeness (QED) is 0.738. The van der Waals surface area contributed by atoms with E-state index < -0.39 is 16.1 Å². The molecule has 1 aromatic heterocycles. The molecule has 0 aliphatic heterocycles. The van der Waals surface area contributed by atoms with Gasteiger partial charge in [-0.2, -0.15) is 4.72 Å². The van der Waals surface area contributed by atoms with Crippen LogP contribution < -0.4 is 10.0 Å². The fourth-order valence-corrected chi connectivity index (χ4v) is 2.80. The van der Waals surface area contributed by atoms with Crippen LogP contribution in [0.5, 0.6) is 0 Å². The number of terminal acetylenes is 1. The summed E-state index contributed by atoms with van der Waals surface area (Å²) in [5.41, 5.74) is 0. The fraction of sp³-hybridized carbons (Fsp3) is 0.538. The Hall–Kier alpha value is -1.29. The van der Waals surface area contributed by atoms with Gasteiger partial charge < -0.3 is 9.73 Å². The van der Waals surface area contributed by atoms with Crippen LogP contribution in [-0.4, -0.2) is 20.5 Å². The number of rotatable bonds is 7. The molecular weight excluding hydrogens is 264 g/mol. The first kappa shape index (κ1) is 14.1. The second-order valence-electron chi connectivity index (χ2n) is 4.62. The Morgan fingerprint density at radius 1 is 1.53 bits per heavy atom. The molecule has 0 amide bonds. The molecule has 1 heterocycles. The van der Waals surface area contributed by atoms with Crippen LogP contribution in [0.2, 0.25) is 0 Å². The number of nitrogens with one attached hydrogen (secondary N) is 2. The molecule has 2 N–H and O–H groups in total. The molecular formula is C13H18N2O3S. The van der Waals surface area contributed by atoms with Crippen molar-refractivity contribution >= 4 is 10.0 Å². The molecule has 19 heavy (non-hydrogen) atoms. The first-order valence-electron chi connectivity index (χ1n) is 6.35. The fourth-order valence-electron chi connectivity index (χ4n) is 1.61. The lowest BCUT2D eigenvalue weighted by molar-refractivity contribution is 0.398. The van der Waals surface area contributed by atoms with Crippen LogP contribution in [0.25, 0.3) is 0 Å². The molecule has 5 nitrogen and oxygen atoms in total. The molecule has 1 atom stereocenters. The highest BCUT2D eigenvalue weighted by atomic mass is 32.2. The van der Waals surface area contributed by atoms with E-state index in [-0.39, 0.29) is 5.09 Å². The Morgan fingerprint density at radius 2 is 2.26 bits per heavy atom. The number of hydrogen-bond donors (Lipinski definition) is 2. The number of sulfonamides is 1. The van der Waals surface area contributed by atoms with Gasteiger partial charge >= 0.3 is 0 Å². The van der Waals surface area contributed by atoms with Gasteiger partial charge in [0, 0.05) is 6.04 Å². The first-order valence-corrected chi connectivity index (χ1v) is 7.84. The summed E-state index contributed by atoms with van der Waals surface area (Å²) in [6.07, 6.45) is 8.13. The maximum atomic E-state index is 12.0. The molecule has 6 heteroatoms. The van der Waals surface area contributed by atoms with Crippen LogP contribution >= 0.6 is 0 Å². The lowest BCUT2D eigenvalue weighted by Gasteiger charge is -2.09. The molecule has 0 bridgehead atoms. The SMILES string of the molecule is C#CC(CC)NS(=O)(=O)c1ccc(CNC2CC2)o1. The van der Waals surface area contributed by atoms with E-state index in [1.807, 2.05) is 6.92 Å². The third-order valence-electron chi connectivity index (χ3n) is 2.95. The Labute approximate surface area is 113 Å². The standard InChI is InChI=1S/C13H18N2O3S/c1-3-10(4-2)15-19(16,17)13-8-7-12(18-13)9-14-11-5-6-11/h1,7-8,10-11,14-15H,4-6,9H2,2H3. The molecule has 0 aromatic carbocycles. The van der Waals surface area contributed by atoms with Gasteiger partial charge in [0.1, 0.15) is 5.76 Å². The lowest BCUT2D eigenvalue weighted by Crippen LogP contribution is -2.32. The minimum Gasteiger partial charge on any atom is -0.447 e. The molecule has 0 radical (unpaired) electrons. The zero-order chi connectivity index (χ0) is 13.9. The van der Waals surface area contributed by atoms with Crippen LogP contribution in [0.15, 0.2) is 21.6 Å². The van der Waals surface area contributed by atoms with Gasteiger partial charge in [-0.05, 0) is 31.4 Å². The molecule has 1 saturated carbocycles. The third-order valence-corrected chi connectivity index (χ3v) is 4.29. The predicted molar refractivity (Wildman–Crippen MR) is 71.8 cm³/mol. The largest absolute Gasteiger partial charge is 0.447 e. The smallest absolute Gasteiger partial charge is 0.275 e. The van der Waals surface area contributed by atoms with Gasteiger partial charge in [0.15, 0.2) is 0 Å². The van der Waals surface area contributed by atoms with Crippen molar-refractivity contribution in [2.24, 2.45) is 0 Å². The summed E-state index contributed by atoms with van der Waals surface area (Å²) < 4.78 is 31.8. The Bertz CT molecular complexity index is 567. The summed E-state index contributed by atoms with van der Waals surface area (Å²) in [6, 6.07) is 3.16. The van der Waals surface area contributed by atoms with Crippen molar-refractivity contribution in [3.63, 3.8) is 0 Å². The minimum absolute atomic E-state index is 0.0891. The zero-order valence-electron chi connectivity index (χ0n) is 10.8. The molecule has 0 saturated heterocycles. The average Bonchev–Trinajstić information content (AvgIpc) is 3.09. The summed E-state index contributed by atoms with van der Waals surface area (Å²) in [5, 5.41) is 3.17. The van der Waals surface area contributed by atoms with E-state index in [0.29, 0.717) is 24.8 Å². The molecule has 0 spiro atoms. The van der Waals surface area contributed by atoms with E-state index >= 15 is 0 Å². The van der Waals surface area contributed by atoms with Gasteiger partial charge in [0.05, 0.1) is 12.6 Å². The van der Waals surface area contributed by atoms with Crippen LogP contribution in [0.4, 0.5) is 0 Å². The van der Waals surface area contributed by atoms with E-state index in [4.69, 9.17) is 10.8 Å². The van der Waals surface area contributed by atoms with Gasteiger partial charge in [-0.3, -0.25) is 0 Å². The zero-order valence-corrected chi connectivity index (χ0v) is 11.7. The summed E-state index contributed by atoms with van der Waals surface area (Å²) in [5.74, 6) is 3.00. The van der Waals surface area contributed by atoms with Crippen molar-refractivity contribution < 1.29 is 12.8 Å². The maximum absolute atomic E-state index is 12.0. The van der Waals surface area contributed by atoms with Gasteiger partial charge in [-0.15, -0.1) is 6.42 Å². The average molecular weight is 282 g/mol. The van der Waals surface area contributed by atoms with E-state index in [0.717, 1.165) is 0 Å². The van der Waals surface area contributed by atoms with E-state index in [1.165, 1.54) is 18.9 Å². The molecule has 1 unspecified atom stereocenters. The van der Waals surface area contributed by atoms with Crippen molar-refractivity contribution in [3.05, 3.63) is 17.9 Å². The molecule has 1 aliphatic carbocycles.